The summed E-state index contributed by atoms with van der Waals surface area (Å²) in [7, 11) is -2.00. The van der Waals surface area contributed by atoms with Crippen LogP contribution >= 0.6 is 0 Å². The fourth-order valence-corrected chi connectivity index (χ4v) is 4.96. The molecule has 1 saturated carbocycles. The van der Waals surface area contributed by atoms with Crippen LogP contribution in [0.5, 0.6) is 0 Å². The largest absolute Gasteiger partial charge is 0.380 e. The normalized spacial score (nSPS) is 24.3. The van der Waals surface area contributed by atoms with E-state index in [0.29, 0.717) is 42.8 Å². The van der Waals surface area contributed by atoms with Gasteiger partial charge in [-0.25, -0.2) is 0 Å². The van der Waals surface area contributed by atoms with Gasteiger partial charge in [-0.15, -0.1) is 0 Å². The molecule has 0 aromatic heterocycles. The summed E-state index contributed by atoms with van der Waals surface area (Å²) in [6.45, 7) is 1.53. The Morgan fingerprint density at radius 2 is 2.04 bits per heavy atom. The topological polar surface area (TPSA) is 82.4 Å². The van der Waals surface area contributed by atoms with Crippen molar-refractivity contribution in [3.63, 3.8) is 0 Å². The van der Waals surface area contributed by atoms with Crippen LogP contribution in [0, 0.1) is 23.2 Å². The van der Waals surface area contributed by atoms with Crippen LogP contribution in [0.4, 0.5) is 5.69 Å². The van der Waals surface area contributed by atoms with E-state index in [4.69, 9.17) is 4.74 Å². The zero-order valence-electron chi connectivity index (χ0n) is 13.2. The van der Waals surface area contributed by atoms with Gasteiger partial charge in [-0.3, -0.25) is 4.72 Å². The molecule has 1 aromatic rings. The molecule has 2 aliphatic rings. The molecule has 0 amide bonds. The van der Waals surface area contributed by atoms with Gasteiger partial charge in [-0.1, -0.05) is 12.5 Å². The van der Waals surface area contributed by atoms with Crippen LogP contribution in [0.15, 0.2) is 18.2 Å². The summed E-state index contributed by atoms with van der Waals surface area (Å²) in [4.78, 5) is 0. The van der Waals surface area contributed by atoms with Crippen LogP contribution in [0.3, 0.4) is 0 Å². The lowest BCUT2D eigenvalue weighted by atomic mass is 10.0. The van der Waals surface area contributed by atoms with Gasteiger partial charge in [0.25, 0.3) is 0 Å². The molecule has 6 nitrogen and oxygen atoms in total. The predicted octanol–water partition coefficient (Wildman–Crippen LogP) is 2.09. The van der Waals surface area contributed by atoms with E-state index in [0.717, 1.165) is 18.4 Å². The molecule has 1 aliphatic heterocycles. The van der Waals surface area contributed by atoms with E-state index in [1.165, 1.54) is 10.7 Å². The first-order valence-electron chi connectivity index (χ1n) is 7.83. The third-order valence-corrected chi connectivity index (χ3v) is 6.28. The van der Waals surface area contributed by atoms with E-state index in [1.54, 1.807) is 25.3 Å². The Morgan fingerprint density at radius 3 is 2.65 bits per heavy atom. The highest BCUT2D eigenvalue weighted by atomic mass is 32.2. The minimum atomic E-state index is -3.56. The van der Waals surface area contributed by atoms with Gasteiger partial charge >= 0.3 is 10.2 Å². The Kier molecular flexibility index (Phi) is 4.57. The zero-order chi connectivity index (χ0) is 16.4. The molecule has 1 heterocycles. The maximum Gasteiger partial charge on any atom is 0.301 e. The Labute approximate surface area is 137 Å². The highest BCUT2D eigenvalue weighted by Crippen LogP contribution is 2.38. The summed E-state index contributed by atoms with van der Waals surface area (Å²) in [6.07, 6.45) is 3.46. The molecule has 0 bridgehead atoms. The van der Waals surface area contributed by atoms with Gasteiger partial charge in [0, 0.05) is 20.2 Å². The average molecular weight is 335 g/mol. The van der Waals surface area contributed by atoms with Crippen molar-refractivity contribution < 1.29 is 13.2 Å². The predicted molar refractivity (Wildman–Crippen MR) is 86.8 cm³/mol. The third-order valence-electron chi connectivity index (χ3n) is 4.81. The number of hydrogen-bond acceptors (Lipinski definition) is 4. The van der Waals surface area contributed by atoms with Crippen LogP contribution in [0.25, 0.3) is 0 Å². The van der Waals surface area contributed by atoms with E-state index >= 15 is 0 Å². The molecule has 0 spiro atoms. The number of fused-ring (bicyclic) bond motifs is 1. The van der Waals surface area contributed by atoms with E-state index < -0.39 is 10.2 Å². The second kappa shape index (κ2) is 6.48. The maximum absolute atomic E-state index is 12.6. The fourth-order valence-electron chi connectivity index (χ4n) is 3.63. The van der Waals surface area contributed by atoms with Gasteiger partial charge in [0.1, 0.15) is 0 Å². The highest BCUT2D eigenvalue weighted by Gasteiger charge is 2.40. The monoisotopic (exact) mass is 335 g/mol. The first-order chi connectivity index (χ1) is 11.0. The lowest BCUT2D eigenvalue weighted by molar-refractivity contribution is 0.184. The van der Waals surface area contributed by atoms with E-state index in [9.17, 15) is 13.7 Å². The molecule has 2 fully saturated rings. The molecule has 23 heavy (non-hydrogen) atoms. The van der Waals surface area contributed by atoms with Gasteiger partial charge < -0.3 is 4.74 Å². The van der Waals surface area contributed by atoms with E-state index in [2.05, 4.69) is 10.8 Å². The van der Waals surface area contributed by atoms with Gasteiger partial charge in [0.05, 0.1) is 23.9 Å². The number of rotatable bonds is 5. The highest BCUT2D eigenvalue weighted by molar-refractivity contribution is 7.90. The number of nitrogens with one attached hydrogen (secondary N) is 1. The van der Waals surface area contributed by atoms with Crippen molar-refractivity contribution in [2.45, 2.75) is 25.9 Å². The van der Waals surface area contributed by atoms with Crippen LogP contribution in [0.2, 0.25) is 0 Å². The first kappa shape index (κ1) is 16.2. The number of nitriles is 1. The van der Waals surface area contributed by atoms with Crippen molar-refractivity contribution >= 4 is 15.9 Å². The second-order valence-corrected chi connectivity index (χ2v) is 7.96. The lowest BCUT2D eigenvalue weighted by Gasteiger charge is -2.19. The average Bonchev–Trinajstić information content (AvgIpc) is 3.10. The van der Waals surface area contributed by atoms with Crippen LogP contribution in [-0.4, -0.2) is 32.9 Å². The van der Waals surface area contributed by atoms with Gasteiger partial charge in [0.15, 0.2) is 0 Å². The summed E-state index contributed by atoms with van der Waals surface area (Å²) in [5.41, 5.74) is 1.58. The quantitative estimate of drug-likeness (QED) is 0.893. The molecule has 3 rings (SSSR count). The smallest absolute Gasteiger partial charge is 0.301 e. The molecular formula is C16H21N3O3S. The zero-order valence-corrected chi connectivity index (χ0v) is 14.0. The van der Waals surface area contributed by atoms with Gasteiger partial charge in [-0.05, 0) is 42.4 Å². The molecule has 0 radical (unpaired) electrons. The molecule has 1 N–H and O–H groups in total. The minimum absolute atomic E-state index is 0.325. The number of ether oxygens (including phenoxy) is 1. The molecule has 0 unspecified atom stereocenters. The Hall–Kier alpha value is -1.62. The van der Waals surface area contributed by atoms with Crippen LogP contribution in [0.1, 0.15) is 30.4 Å². The summed E-state index contributed by atoms with van der Waals surface area (Å²) >= 11 is 0. The van der Waals surface area contributed by atoms with Gasteiger partial charge in [-0.2, -0.15) is 18.0 Å². The fraction of sp³-hybridized carbons (Fsp3) is 0.562. The number of methoxy groups -OCH3 is 1. The molecule has 2 atom stereocenters. The second-order valence-electron chi connectivity index (χ2n) is 6.29. The number of anilines is 1. The molecule has 1 saturated heterocycles. The molecule has 1 aromatic carbocycles. The Bertz CT molecular complexity index is 715. The lowest BCUT2D eigenvalue weighted by Crippen LogP contribution is -2.34. The number of hydrogen-bond donors (Lipinski definition) is 1. The molecule has 1 aliphatic carbocycles. The number of nitrogens with zero attached hydrogens (tertiary/aromatic N) is 2. The summed E-state index contributed by atoms with van der Waals surface area (Å²) in [5.74, 6) is 1.01. The molecule has 124 valence electrons. The van der Waals surface area contributed by atoms with E-state index in [1.807, 2.05) is 0 Å². The van der Waals surface area contributed by atoms with Crippen LogP contribution < -0.4 is 4.72 Å². The summed E-state index contributed by atoms with van der Waals surface area (Å²) in [6, 6.07) is 7.03. The van der Waals surface area contributed by atoms with Crippen LogP contribution in [-0.2, 0) is 21.6 Å². The Morgan fingerprint density at radius 1 is 1.35 bits per heavy atom. The molecule has 7 heteroatoms. The molecular weight excluding hydrogens is 314 g/mol. The van der Waals surface area contributed by atoms with Crippen molar-refractivity contribution in [1.82, 2.24) is 4.31 Å². The maximum atomic E-state index is 12.6. The van der Waals surface area contributed by atoms with Crippen molar-refractivity contribution in [2.24, 2.45) is 11.8 Å². The van der Waals surface area contributed by atoms with E-state index in [-0.39, 0.29) is 0 Å². The summed E-state index contributed by atoms with van der Waals surface area (Å²) < 4.78 is 34.3. The van der Waals surface area contributed by atoms with Gasteiger partial charge in [0.2, 0.25) is 0 Å². The van der Waals surface area contributed by atoms with Crippen molar-refractivity contribution in [3.05, 3.63) is 29.3 Å². The third kappa shape index (κ3) is 3.34. The van der Waals surface area contributed by atoms with Crippen molar-refractivity contribution in [2.75, 3.05) is 24.9 Å². The first-order valence-corrected chi connectivity index (χ1v) is 9.27. The minimum Gasteiger partial charge on any atom is -0.380 e. The standard InChI is InChI=1S/C16H21N3O3S/c1-22-11-14-5-6-16(7-15(14)8-17)18-23(20,21)19-9-12-3-2-4-13(12)10-19/h5-7,12-13,18H,2-4,9-11H2,1H3/t12-,13+. The SMILES string of the molecule is COCc1ccc(NS(=O)(=O)N2C[C@H]3CCC[C@H]3C2)cc1C#N. The Balaban J connectivity index is 1.74. The summed E-state index contributed by atoms with van der Waals surface area (Å²) in [5, 5.41) is 9.20. The van der Waals surface area contributed by atoms with Crippen molar-refractivity contribution in [3.8, 4) is 6.07 Å². The van der Waals surface area contributed by atoms with Crippen molar-refractivity contribution in [1.29, 1.82) is 5.26 Å². The number of benzene rings is 1.